The zero-order chi connectivity index (χ0) is 15.7. The molecule has 0 heterocycles. The molecule has 21 heavy (non-hydrogen) atoms. The quantitative estimate of drug-likeness (QED) is 0.703. The summed E-state index contributed by atoms with van der Waals surface area (Å²) in [4.78, 5) is 1.22. The number of anilines is 1. The summed E-state index contributed by atoms with van der Waals surface area (Å²) in [5, 5.41) is 12.5. The molecule has 0 aliphatic heterocycles. The van der Waals surface area contributed by atoms with Crippen molar-refractivity contribution < 1.29 is 5.11 Å². The van der Waals surface area contributed by atoms with E-state index in [-0.39, 0.29) is 6.61 Å². The average Bonchev–Trinajstić information content (AvgIpc) is 2.54. The maximum Gasteiger partial charge on any atom is 0.0681 e. The van der Waals surface area contributed by atoms with E-state index in [0.29, 0.717) is 0 Å². The third kappa shape index (κ3) is 6.12. The predicted octanol–water partition coefficient (Wildman–Crippen LogP) is 5.30. The van der Waals surface area contributed by atoms with E-state index in [4.69, 9.17) is 5.11 Å². The fourth-order valence-electron chi connectivity index (χ4n) is 1.82. The second kappa shape index (κ2) is 9.87. The minimum atomic E-state index is 0.0847. The van der Waals surface area contributed by atoms with Gasteiger partial charge in [0.15, 0.2) is 0 Å². The molecule has 0 saturated carbocycles. The number of hydrogen-bond donors (Lipinski definition) is 2. The van der Waals surface area contributed by atoms with E-state index in [0.717, 1.165) is 27.8 Å². The molecule has 0 bridgehead atoms. The Morgan fingerprint density at radius 3 is 2.48 bits per heavy atom. The Bertz CT molecular complexity index is 560. The lowest BCUT2D eigenvalue weighted by molar-refractivity contribution is 0.281. The van der Waals surface area contributed by atoms with Crippen LogP contribution in [0.4, 0.5) is 5.69 Å². The molecule has 0 spiro atoms. The van der Waals surface area contributed by atoms with Crippen molar-refractivity contribution in [1.29, 1.82) is 0 Å². The Labute approximate surface area is 140 Å². The normalized spacial score (nSPS) is 9.76. The lowest BCUT2D eigenvalue weighted by atomic mass is 10.1. The number of rotatable bonds is 5. The highest BCUT2D eigenvalue weighted by molar-refractivity contribution is 9.10. The molecule has 2 N–H and O–H groups in total. The lowest BCUT2D eigenvalue weighted by Crippen LogP contribution is -2.00. The highest BCUT2D eigenvalue weighted by Gasteiger charge is 2.00. The number of halogens is 1. The highest BCUT2D eigenvalue weighted by Crippen LogP contribution is 2.25. The second-order valence-corrected chi connectivity index (χ2v) is 6.01. The number of aliphatic hydroxyl groups excluding tert-OH is 1. The van der Waals surface area contributed by atoms with E-state index in [1.165, 1.54) is 4.90 Å². The summed E-state index contributed by atoms with van der Waals surface area (Å²) >= 11 is 5.24. The number of nitrogens with one attached hydrogen (secondary N) is 1. The van der Waals surface area contributed by atoms with Crippen molar-refractivity contribution >= 4 is 33.4 Å². The molecule has 2 aromatic rings. The minimum Gasteiger partial charge on any atom is -0.392 e. The zero-order valence-electron chi connectivity index (χ0n) is 12.7. The Morgan fingerprint density at radius 1 is 1.10 bits per heavy atom. The fraction of sp³-hybridized carbons (Fsp3) is 0.294. The molecule has 0 aromatic heterocycles. The third-order valence-electron chi connectivity index (χ3n) is 2.78. The molecule has 0 fully saturated rings. The van der Waals surface area contributed by atoms with Crippen LogP contribution in [0.5, 0.6) is 0 Å². The van der Waals surface area contributed by atoms with Gasteiger partial charge >= 0.3 is 0 Å². The molecule has 2 rings (SSSR count). The number of benzene rings is 2. The Hall–Kier alpha value is -0.970. The zero-order valence-corrected chi connectivity index (χ0v) is 15.1. The van der Waals surface area contributed by atoms with Crippen molar-refractivity contribution in [2.24, 2.45) is 0 Å². The first-order chi connectivity index (χ1) is 10.2. The van der Waals surface area contributed by atoms with Gasteiger partial charge in [-0.05, 0) is 35.6 Å². The lowest BCUT2D eigenvalue weighted by Gasteiger charge is -2.09. The Kier molecular flexibility index (Phi) is 8.50. The van der Waals surface area contributed by atoms with Crippen LogP contribution >= 0.6 is 27.7 Å². The smallest absolute Gasteiger partial charge is 0.0681 e. The largest absolute Gasteiger partial charge is 0.392 e. The van der Waals surface area contributed by atoms with Gasteiger partial charge in [-0.2, -0.15) is 0 Å². The number of aliphatic hydroxyl groups is 1. The van der Waals surface area contributed by atoms with Crippen LogP contribution in [-0.2, 0) is 13.2 Å². The maximum atomic E-state index is 9.12. The van der Waals surface area contributed by atoms with Crippen molar-refractivity contribution in [3.05, 3.63) is 58.1 Å². The van der Waals surface area contributed by atoms with Gasteiger partial charge in [0, 0.05) is 21.6 Å². The third-order valence-corrected chi connectivity index (χ3v) is 3.94. The molecule has 0 amide bonds. The highest BCUT2D eigenvalue weighted by atomic mass is 79.9. The molecular weight excluding hydrogens is 346 g/mol. The molecule has 0 saturated heterocycles. The van der Waals surface area contributed by atoms with Crippen LogP contribution in [-0.4, -0.2) is 11.4 Å². The van der Waals surface area contributed by atoms with Gasteiger partial charge < -0.3 is 10.4 Å². The molecule has 0 aliphatic rings. The van der Waals surface area contributed by atoms with E-state index >= 15 is 0 Å². The molecule has 0 unspecified atom stereocenters. The molecule has 2 aromatic carbocycles. The topological polar surface area (TPSA) is 32.3 Å². The summed E-state index contributed by atoms with van der Waals surface area (Å²) in [7, 11) is 0. The Balaban J connectivity index is 0.00000106. The van der Waals surface area contributed by atoms with Crippen LogP contribution < -0.4 is 5.32 Å². The van der Waals surface area contributed by atoms with Gasteiger partial charge in [0.05, 0.1) is 6.61 Å². The number of thioether (sulfide) groups is 1. The van der Waals surface area contributed by atoms with Gasteiger partial charge in [0.1, 0.15) is 0 Å². The molecular formula is C17H22BrNOS. The van der Waals surface area contributed by atoms with Gasteiger partial charge in [-0.25, -0.2) is 0 Å². The van der Waals surface area contributed by atoms with E-state index < -0.39 is 0 Å². The number of hydrogen-bond acceptors (Lipinski definition) is 3. The van der Waals surface area contributed by atoms with E-state index in [9.17, 15) is 0 Å². The van der Waals surface area contributed by atoms with Crippen molar-refractivity contribution in [1.82, 2.24) is 0 Å². The molecule has 0 radical (unpaired) electrons. The van der Waals surface area contributed by atoms with E-state index in [2.05, 4.69) is 51.8 Å². The van der Waals surface area contributed by atoms with Crippen LogP contribution in [0, 0.1) is 0 Å². The van der Waals surface area contributed by atoms with Gasteiger partial charge in [-0.15, -0.1) is 11.8 Å². The summed E-state index contributed by atoms with van der Waals surface area (Å²) in [6.45, 7) is 4.83. The van der Waals surface area contributed by atoms with Crippen molar-refractivity contribution in [3.8, 4) is 0 Å². The molecule has 0 aliphatic carbocycles. The Morgan fingerprint density at radius 2 is 1.81 bits per heavy atom. The van der Waals surface area contributed by atoms with E-state index in [1.54, 1.807) is 11.8 Å². The monoisotopic (exact) mass is 367 g/mol. The van der Waals surface area contributed by atoms with Gasteiger partial charge in [-0.1, -0.05) is 54.0 Å². The van der Waals surface area contributed by atoms with Crippen LogP contribution in [0.3, 0.4) is 0 Å². The second-order valence-electron chi connectivity index (χ2n) is 4.21. The van der Waals surface area contributed by atoms with Crippen LogP contribution in [0.15, 0.2) is 51.8 Å². The average molecular weight is 368 g/mol. The van der Waals surface area contributed by atoms with Gasteiger partial charge in [0.2, 0.25) is 0 Å². The first-order valence-electron chi connectivity index (χ1n) is 6.98. The molecule has 2 nitrogen and oxygen atoms in total. The van der Waals surface area contributed by atoms with Crippen molar-refractivity contribution in [2.75, 3.05) is 11.6 Å². The standard InChI is InChI=1S/C15H16BrNOS.C2H6/c1-19-15-7-13(16)6-14(8-15)17-9-11-3-2-4-12(5-11)10-18;1-2/h2-8,17-18H,9-10H2,1H3;1-2H3. The summed E-state index contributed by atoms with van der Waals surface area (Å²) in [6.07, 6.45) is 2.07. The van der Waals surface area contributed by atoms with Gasteiger partial charge in [0.25, 0.3) is 0 Å². The summed E-state index contributed by atoms with van der Waals surface area (Å²) < 4.78 is 1.07. The fourth-order valence-corrected chi connectivity index (χ4v) is 2.96. The summed E-state index contributed by atoms with van der Waals surface area (Å²) in [5.74, 6) is 0. The molecule has 0 atom stereocenters. The maximum absolute atomic E-state index is 9.12. The SMILES string of the molecule is CC.CSc1cc(Br)cc(NCc2cccc(CO)c2)c1. The van der Waals surface area contributed by atoms with E-state index in [1.807, 2.05) is 32.0 Å². The summed E-state index contributed by atoms with van der Waals surface area (Å²) in [5.41, 5.74) is 3.20. The van der Waals surface area contributed by atoms with Crippen molar-refractivity contribution in [3.63, 3.8) is 0 Å². The molecule has 4 heteroatoms. The molecule has 114 valence electrons. The van der Waals surface area contributed by atoms with Crippen LogP contribution in [0.25, 0.3) is 0 Å². The predicted molar refractivity (Wildman–Crippen MR) is 97.0 cm³/mol. The van der Waals surface area contributed by atoms with Crippen LogP contribution in [0.2, 0.25) is 0 Å². The first-order valence-corrected chi connectivity index (χ1v) is 9.00. The summed E-state index contributed by atoms with van der Waals surface area (Å²) in [6, 6.07) is 14.3. The minimum absolute atomic E-state index is 0.0847. The van der Waals surface area contributed by atoms with Gasteiger partial charge in [-0.3, -0.25) is 0 Å². The van der Waals surface area contributed by atoms with Crippen molar-refractivity contribution in [2.45, 2.75) is 31.9 Å². The first kappa shape index (κ1) is 18.1. The van der Waals surface area contributed by atoms with Crippen LogP contribution in [0.1, 0.15) is 25.0 Å².